The molecule has 4 rings (SSSR count). The highest BCUT2D eigenvalue weighted by Gasteiger charge is 2.49. The van der Waals surface area contributed by atoms with Gasteiger partial charge in [-0.3, -0.25) is 14.5 Å². The average Bonchev–Trinajstić information content (AvgIpc) is 3.36. The number of nitrogens with one attached hydrogen (secondary N) is 2. The molecule has 2 heterocycles. The van der Waals surface area contributed by atoms with Gasteiger partial charge in [0.05, 0.1) is 20.3 Å². The second-order valence-electron chi connectivity index (χ2n) is 7.92. The van der Waals surface area contributed by atoms with Crippen LogP contribution in [-0.2, 0) is 15.1 Å². The van der Waals surface area contributed by atoms with Crippen molar-refractivity contribution in [2.24, 2.45) is 0 Å². The van der Waals surface area contributed by atoms with E-state index in [2.05, 4.69) is 10.6 Å². The number of nitrogens with zero attached hydrogens (tertiary/aromatic N) is 1. The van der Waals surface area contributed by atoms with E-state index in [0.717, 1.165) is 10.5 Å². The predicted octanol–water partition coefficient (Wildman–Crippen LogP) is 2.08. The largest absolute Gasteiger partial charge is 0.493 e. The summed E-state index contributed by atoms with van der Waals surface area (Å²) in [6, 6.07) is 9.31. The maximum atomic E-state index is 13.2. The Morgan fingerprint density at radius 3 is 2.58 bits per heavy atom. The molecule has 174 valence electrons. The Morgan fingerprint density at radius 2 is 1.85 bits per heavy atom. The highest BCUT2D eigenvalue weighted by atomic mass is 16.7. The van der Waals surface area contributed by atoms with E-state index in [1.54, 1.807) is 44.2 Å². The van der Waals surface area contributed by atoms with Crippen molar-refractivity contribution >= 4 is 17.8 Å². The summed E-state index contributed by atoms with van der Waals surface area (Å²) >= 11 is 0. The lowest BCUT2D eigenvalue weighted by Crippen LogP contribution is -2.43. The van der Waals surface area contributed by atoms with E-state index in [9.17, 15) is 14.4 Å². The molecule has 2 aliphatic heterocycles. The van der Waals surface area contributed by atoms with E-state index in [1.807, 2.05) is 6.07 Å². The monoisotopic (exact) mass is 455 g/mol. The normalized spacial score (nSPS) is 19.8. The molecule has 1 fully saturated rings. The van der Waals surface area contributed by atoms with Gasteiger partial charge in [0.15, 0.2) is 23.0 Å². The standard InChI is InChI=1S/C23H25N3O7/c1-13(14-5-7-17-19(9-14)33-12-32-17)24-20(27)11-26-21(28)23(2,25-22(26)29)15-6-8-16(30-3)18(10-15)31-4/h5-10,13H,11-12H2,1-4H3,(H,24,27)(H,25,29). The molecule has 0 saturated carbocycles. The molecule has 1 saturated heterocycles. The van der Waals surface area contributed by atoms with Gasteiger partial charge in [0.1, 0.15) is 12.1 Å². The third-order valence-electron chi connectivity index (χ3n) is 5.81. The minimum absolute atomic E-state index is 0.157. The molecular formula is C23H25N3O7. The van der Waals surface area contributed by atoms with Gasteiger partial charge in [0.25, 0.3) is 5.91 Å². The van der Waals surface area contributed by atoms with Crippen LogP contribution in [0, 0.1) is 0 Å². The number of carbonyl (C=O) groups excluding carboxylic acids is 3. The fraction of sp³-hybridized carbons (Fsp3) is 0.348. The minimum atomic E-state index is -1.35. The number of rotatable bonds is 7. The summed E-state index contributed by atoms with van der Waals surface area (Å²) in [5.74, 6) is 1.16. The summed E-state index contributed by atoms with van der Waals surface area (Å²) in [7, 11) is 2.99. The van der Waals surface area contributed by atoms with Crippen LogP contribution in [0.5, 0.6) is 23.0 Å². The number of hydrogen-bond acceptors (Lipinski definition) is 7. The second kappa shape index (κ2) is 8.53. The van der Waals surface area contributed by atoms with E-state index in [0.29, 0.717) is 28.6 Å². The molecule has 2 aliphatic rings. The van der Waals surface area contributed by atoms with Crippen molar-refractivity contribution in [2.45, 2.75) is 25.4 Å². The molecule has 0 spiro atoms. The number of urea groups is 1. The Labute approximate surface area is 190 Å². The van der Waals surface area contributed by atoms with Crippen molar-refractivity contribution in [1.29, 1.82) is 0 Å². The Kier molecular flexibility index (Phi) is 5.75. The number of hydrogen-bond donors (Lipinski definition) is 2. The molecule has 10 nitrogen and oxygen atoms in total. The maximum absolute atomic E-state index is 13.2. The van der Waals surface area contributed by atoms with Crippen LogP contribution in [-0.4, -0.2) is 50.3 Å². The predicted molar refractivity (Wildman–Crippen MR) is 116 cm³/mol. The summed E-state index contributed by atoms with van der Waals surface area (Å²) in [5.41, 5.74) is -0.0325. The topological polar surface area (TPSA) is 115 Å². The zero-order valence-electron chi connectivity index (χ0n) is 18.8. The first kappa shape index (κ1) is 22.3. The molecule has 0 bridgehead atoms. The van der Waals surface area contributed by atoms with Crippen LogP contribution in [0.3, 0.4) is 0 Å². The first-order valence-corrected chi connectivity index (χ1v) is 10.3. The number of benzene rings is 2. The molecule has 0 aliphatic carbocycles. The number of fused-ring (bicyclic) bond motifs is 1. The molecule has 10 heteroatoms. The van der Waals surface area contributed by atoms with Crippen molar-refractivity contribution in [1.82, 2.24) is 15.5 Å². The summed E-state index contributed by atoms with van der Waals surface area (Å²) in [5, 5.41) is 5.49. The van der Waals surface area contributed by atoms with Crippen molar-refractivity contribution in [3.05, 3.63) is 47.5 Å². The van der Waals surface area contributed by atoms with Crippen LogP contribution in [0.15, 0.2) is 36.4 Å². The van der Waals surface area contributed by atoms with Crippen molar-refractivity contribution in [3.8, 4) is 23.0 Å². The Balaban J connectivity index is 1.46. The molecule has 2 N–H and O–H groups in total. The lowest BCUT2D eigenvalue weighted by atomic mass is 9.91. The van der Waals surface area contributed by atoms with Gasteiger partial charge in [-0.25, -0.2) is 4.79 Å². The van der Waals surface area contributed by atoms with Crippen LogP contribution in [0.2, 0.25) is 0 Å². The maximum Gasteiger partial charge on any atom is 0.325 e. The smallest absolute Gasteiger partial charge is 0.325 e. The Morgan fingerprint density at radius 1 is 1.12 bits per heavy atom. The Hall–Kier alpha value is -3.95. The van der Waals surface area contributed by atoms with E-state index in [1.165, 1.54) is 14.2 Å². The first-order chi connectivity index (χ1) is 15.8. The highest BCUT2D eigenvalue weighted by Crippen LogP contribution is 2.36. The number of amides is 4. The molecule has 2 aromatic carbocycles. The first-order valence-electron chi connectivity index (χ1n) is 10.3. The number of methoxy groups -OCH3 is 2. The molecule has 2 unspecified atom stereocenters. The minimum Gasteiger partial charge on any atom is -0.493 e. The molecule has 0 radical (unpaired) electrons. The van der Waals surface area contributed by atoms with E-state index in [4.69, 9.17) is 18.9 Å². The van der Waals surface area contributed by atoms with Gasteiger partial charge < -0.3 is 29.6 Å². The molecule has 0 aromatic heterocycles. The van der Waals surface area contributed by atoms with Gasteiger partial charge in [0, 0.05) is 0 Å². The lowest BCUT2D eigenvalue weighted by molar-refractivity contribution is -0.135. The summed E-state index contributed by atoms with van der Waals surface area (Å²) in [6.45, 7) is 3.13. The van der Waals surface area contributed by atoms with E-state index >= 15 is 0 Å². The van der Waals surface area contributed by atoms with Gasteiger partial charge in [-0.05, 0) is 49.2 Å². The van der Waals surface area contributed by atoms with E-state index in [-0.39, 0.29) is 12.8 Å². The molecule has 4 amide bonds. The van der Waals surface area contributed by atoms with Crippen molar-refractivity contribution < 1.29 is 33.3 Å². The zero-order chi connectivity index (χ0) is 23.8. The van der Waals surface area contributed by atoms with Gasteiger partial charge in [0.2, 0.25) is 12.7 Å². The summed E-state index contributed by atoms with van der Waals surface area (Å²) < 4.78 is 21.2. The SMILES string of the molecule is COc1ccc(C2(C)NC(=O)N(CC(=O)NC(C)c3ccc4c(c3)OCO4)C2=O)cc1OC. The van der Waals surface area contributed by atoms with Gasteiger partial charge in [-0.2, -0.15) is 0 Å². The van der Waals surface area contributed by atoms with Crippen molar-refractivity contribution in [3.63, 3.8) is 0 Å². The summed E-state index contributed by atoms with van der Waals surface area (Å²) in [4.78, 5) is 39.3. The summed E-state index contributed by atoms with van der Waals surface area (Å²) in [6.07, 6.45) is 0. The number of ether oxygens (including phenoxy) is 4. The van der Waals surface area contributed by atoms with Gasteiger partial charge in [-0.1, -0.05) is 12.1 Å². The lowest BCUT2D eigenvalue weighted by Gasteiger charge is -2.23. The average molecular weight is 455 g/mol. The van der Waals surface area contributed by atoms with Crippen LogP contribution in [0.25, 0.3) is 0 Å². The van der Waals surface area contributed by atoms with Crippen LogP contribution < -0.4 is 29.6 Å². The third-order valence-corrected chi connectivity index (χ3v) is 5.81. The molecule has 2 atom stereocenters. The fourth-order valence-corrected chi connectivity index (χ4v) is 3.88. The van der Waals surface area contributed by atoms with Gasteiger partial charge in [-0.15, -0.1) is 0 Å². The zero-order valence-corrected chi connectivity index (χ0v) is 18.8. The van der Waals surface area contributed by atoms with Crippen LogP contribution in [0.1, 0.15) is 31.0 Å². The molecule has 33 heavy (non-hydrogen) atoms. The van der Waals surface area contributed by atoms with Crippen molar-refractivity contribution in [2.75, 3.05) is 27.6 Å². The second-order valence-corrected chi connectivity index (χ2v) is 7.92. The quantitative estimate of drug-likeness (QED) is 0.614. The van der Waals surface area contributed by atoms with Crippen LogP contribution in [0.4, 0.5) is 4.79 Å². The highest BCUT2D eigenvalue weighted by molar-refractivity contribution is 6.09. The molecular weight excluding hydrogens is 430 g/mol. The third kappa shape index (κ3) is 3.99. The van der Waals surface area contributed by atoms with E-state index < -0.39 is 29.9 Å². The fourth-order valence-electron chi connectivity index (χ4n) is 3.88. The van der Waals surface area contributed by atoms with Gasteiger partial charge >= 0.3 is 6.03 Å². The number of imide groups is 1. The Bertz CT molecular complexity index is 1120. The van der Waals surface area contributed by atoms with Crippen LogP contribution >= 0.6 is 0 Å². The number of carbonyl (C=O) groups is 3. The molecule has 2 aromatic rings.